The van der Waals surface area contributed by atoms with Crippen molar-refractivity contribution < 1.29 is 9.92 Å². The second kappa shape index (κ2) is 12.2. The van der Waals surface area contributed by atoms with Crippen molar-refractivity contribution in [3.8, 4) is 0 Å². The molecule has 0 heterocycles. The van der Waals surface area contributed by atoms with Crippen LogP contribution in [0.3, 0.4) is 0 Å². The van der Waals surface area contributed by atoms with E-state index in [1.54, 1.807) is 0 Å². The Morgan fingerprint density at radius 3 is 1.90 bits per heavy atom. The molecule has 0 aliphatic heterocycles. The van der Waals surface area contributed by atoms with Gasteiger partial charge in [-0.25, -0.2) is 0 Å². The van der Waals surface area contributed by atoms with Gasteiger partial charge in [0.25, 0.3) is 5.09 Å². The third-order valence-corrected chi connectivity index (χ3v) is 3.65. The molecule has 1 rings (SSSR count). The summed E-state index contributed by atoms with van der Waals surface area (Å²) in [5, 5.41) is 9.22. The van der Waals surface area contributed by atoms with Crippen molar-refractivity contribution in [3.05, 3.63) is 46.0 Å². The Bertz CT molecular complexity index is 368. The number of benzene rings is 1. The normalized spacial score (nSPS) is 10.5. The monoisotopic (exact) mass is 293 g/mol. The lowest BCUT2D eigenvalue weighted by Crippen LogP contribution is -2.01. The highest BCUT2D eigenvalue weighted by atomic mass is 16.9. The minimum absolute atomic E-state index is 0.243. The van der Waals surface area contributed by atoms with Gasteiger partial charge < -0.3 is 4.84 Å². The van der Waals surface area contributed by atoms with E-state index in [4.69, 9.17) is 0 Å². The van der Waals surface area contributed by atoms with E-state index in [0.29, 0.717) is 0 Å². The van der Waals surface area contributed by atoms with Crippen molar-refractivity contribution in [2.45, 2.75) is 64.2 Å². The molecule has 0 saturated carbocycles. The number of aryl methyl sites for hydroxylation is 1. The molecule has 1 aromatic rings. The van der Waals surface area contributed by atoms with Crippen LogP contribution >= 0.6 is 0 Å². The van der Waals surface area contributed by atoms with Gasteiger partial charge in [-0.15, -0.1) is 10.1 Å². The molecule has 1 aromatic carbocycles. The lowest BCUT2D eigenvalue weighted by Gasteiger charge is -2.03. The molecule has 0 radical (unpaired) electrons. The quantitative estimate of drug-likeness (QED) is 0.294. The maximum atomic E-state index is 9.93. The summed E-state index contributed by atoms with van der Waals surface area (Å²) in [6.07, 6.45) is 11.9. The van der Waals surface area contributed by atoms with E-state index in [0.717, 1.165) is 19.3 Å². The fraction of sp³-hybridized carbons (Fsp3) is 0.647. The molecule has 0 aliphatic rings. The first-order valence-electron chi connectivity index (χ1n) is 8.10. The highest BCUT2D eigenvalue weighted by molar-refractivity contribution is 5.14. The Kier molecular flexibility index (Phi) is 10.1. The summed E-state index contributed by atoms with van der Waals surface area (Å²) in [6, 6.07) is 10.7. The summed E-state index contributed by atoms with van der Waals surface area (Å²) in [4.78, 5) is 14.2. The second-order valence-electron chi connectivity index (χ2n) is 5.47. The van der Waals surface area contributed by atoms with Crippen molar-refractivity contribution in [1.29, 1.82) is 0 Å². The van der Waals surface area contributed by atoms with Crippen LogP contribution in [0.2, 0.25) is 0 Å². The fourth-order valence-corrected chi connectivity index (χ4v) is 2.45. The average Bonchev–Trinajstić information content (AvgIpc) is 2.49. The third-order valence-electron chi connectivity index (χ3n) is 3.65. The van der Waals surface area contributed by atoms with Crippen molar-refractivity contribution in [1.82, 2.24) is 0 Å². The first kappa shape index (κ1) is 17.5. The van der Waals surface area contributed by atoms with Gasteiger partial charge in [0.05, 0.1) is 6.61 Å². The summed E-state index contributed by atoms with van der Waals surface area (Å²) < 4.78 is 0. The first-order chi connectivity index (χ1) is 10.3. The molecule has 21 heavy (non-hydrogen) atoms. The molecule has 0 spiro atoms. The van der Waals surface area contributed by atoms with E-state index in [2.05, 4.69) is 35.2 Å². The molecule has 0 fully saturated rings. The van der Waals surface area contributed by atoms with Gasteiger partial charge in [0, 0.05) is 0 Å². The van der Waals surface area contributed by atoms with Gasteiger partial charge in [-0.1, -0.05) is 75.3 Å². The minimum atomic E-state index is -0.713. The number of rotatable bonds is 13. The fourth-order valence-electron chi connectivity index (χ4n) is 2.45. The Morgan fingerprint density at radius 1 is 0.810 bits per heavy atom. The molecule has 0 N–H and O–H groups in total. The smallest absolute Gasteiger partial charge is 0.294 e. The number of nitrogens with zero attached hydrogens (tertiary/aromatic N) is 1. The largest absolute Gasteiger partial charge is 0.314 e. The van der Waals surface area contributed by atoms with Gasteiger partial charge in [-0.3, -0.25) is 0 Å². The molecular formula is C17H27NO3. The Hall–Kier alpha value is -1.58. The zero-order valence-corrected chi connectivity index (χ0v) is 12.8. The molecular weight excluding hydrogens is 266 g/mol. The maximum Gasteiger partial charge on any atom is 0.294 e. The molecule has 0 amide bonds. The maximum absolute atomic E-state index is 9.93. The van der Waals surface area contributed by atoms with Gasteiger partial charge in [-0.05, 0) is 24.8 Å². The lowest BCUT2D eigenvalue weighted by atomic mass is 10.0. The van der Waals surface area contributed by atoms with Gasteiger partial charge in [0.1, 0.15) is 0 Å². The Balaban J connectivity index is 1.78. The molecule has 4 nitrogen and oxygen atoms in total. The zero-order valence-electron chi connectivity index (χ0n) is 12.8. The summed E-state index contributed by atoms with van der Waals surface area (Å²) in [5.41, 5.74) is 1.44. The number of hydrogen-bond acceptors (Lipinski definition) is 3. The van der Waals surface area contributed by atoms with Gasteiger partial charge in [-0.2, -0.15) is 0 Å². The zero-order chi connectivity index (χ0) is 15.2. The molecule has 0 bridgehead atoms. The van der Waals surface area contributed by atoms with Crippen LogP contribution in [0.4, 0.5) is 0 Å². The first-order valence-corrected chi connectivity index (χ1v) is 8.10. The van der Waals surface area contributed by atoms with Crippen LogP contribution in [0.25, 0.3) is 0 Å². The van der Waals surface area contributed by atoms with Crippen molar-refractivity contribution >= 4 is 0 Å². The topological polar surface area (TPSA) is 52.4 Å². The molecule has 0 aromatic heterocycles. The van der Waals surface area contributed by atoms with Crippen LogP contribution in [0.5, 0.6) is 0 Å². The minimum Gasteiger partial charge on any atom is -0.314 e. The van der Waals surface area contributed by atoms with Crippen LogP contribution < -0.4 is 0 Å². The van der Waals surface area contributed by atoms with Crippen LogP contribution in [-0.2, 0) is 11.3 Å². The second-order valence-corrected chi connectivity index (χ2v) is 5.47. The predicted octanol–water partition coefficient (Wildman–Crippen LogP) is 4.95. The predicted molar refractivity (Wildman–Crippen MR) is 84.6 cm³/mol. The molecule has 118 valence electrons. The number of unbranched alkanes of at least 4 members (excludes halogenated alkanes) is 8. The highest BCUT2D eigenvalue weighted by Gasteiger charge is 1.96. The van der Waals surface area contributed by atoms with E-state index < -0.39 is 5.09 Å². The van der Waals surface area contributed by atoms with Crippen LogP contribution in [0, 0.1) is 10.1 Å². The van der Waals surface area contributed by atoms with E-state index in [9.17, 15) is 10.1 Å². The van der Waals surface area contributed by atoms with Gasteiger partial charge in [0.15, 0.2) is 0 Å². The molecule has 0 saturated heterocycles. The van der Waals surface area contributed by atoms with E-state index >= 15 is 0 Å². The Morgan fingerprint density at radius 2 is 1.33 bits per heavy atom. The van der Waals surface area contributed by atoms with Crippen molar-refractivity contribution in [3.63, 3.8) is 0 Å². The summed E-state index contributed by atoms with van der Waals surface area (Å²) >= 11 is 0. The lowest BCUT2D eigenvalue weighted by molar-refractivity contribution is -0.757. The van der Waals surface area contributed by atoms with Gasteiger partial charge >= 0.3 is 0 Å². The average molecular weight is 293 g/mol. The molecule has 4 heteroatoms. The summed E-state index contributed by atoms with van der Waals surface area (Å²) in [7, 11) is 0. The van der Waals surface area contributed by atoms with Gasteiger partial charge in [0.2, 0.25) is 0 Å². The Labute approximate surface area is 127 Å². The summed E-state index contributed by atoms with van der Waals surface area (Å²) in [6.45, 7) is 0.243. The molecule has 0 aliphatic carbocycles. The molecule has 0 unspecified atom stereocenters. The van der Waals surface area contributed by atoms with E-state index in [1.165, 1.54) is 50.5 Å². The standard InChI is InChI=1S/C17H27NO3/c19-18(20)21-16-12-7-5-3-1-2-4-6-9-13-17-14-10-8-11-15-17/h8,10-11,14-15H,1-7,9,12-13,16H2. The number of hydrogen-bond donors (Lipinski definition) is 0. The van der Waals surface area contributed by atoms with Crippen LogP contribution in [0.1, 0.15) is 63.4 Å². The van der Waals surface area contributed by atoms with Crippen LogP contribution in [-0.4, -0.2) is 11.7 Å². The summed E-state index contributed by atoms with van der Waals surface area (Å²) in [5.74, 6) is 0. The molecule has 0 atom stereocenters. The van der Waals surface area contributed by atoms with E-state index in [1.807, 2.05) is 0 Å². The van der Waals surface area contributed by atoms with Crippen LogP contribution in [0.15, 0.2) is 30.3 Å². The van der Waals surface area contributed by atoms with Crippen molar-refractivity contribution in [2.24, 2.45) is 0 Å². The third kappa shape index (κ3) is 10.8. The highest BCUT2D eigenvalue weighted by Crippen LogP contribution is 2.11. The van der Waals surface area contributed by atoms with E-state index in [-0.39, 0.29) is 6.61 Å². The van der Waals surface area contributed by atoms with Crippen molar-refractivity contribution in [2.75, 3.05) is 6.61 Å². The SMILES string of the molecule is O=[N+]([O-])OCCCCCCCCCCCc1ccccc1.